The first-order valence-electron chi connectivity index (χ1n) is 17.1. The van der Waals surface area contributed by atoms with E-state index in [4.69, 9.17) is 19.9 Å². The second kappa shape index (κ2) is 13.0. The molecular formula is C39H49N5OSi2. The molecule has 1 N–H and O–H groups in total. The molecule has 0 amide bonds. The van der Waals surface area contributed by atoms with Crippen LogP contribution in [0.4, 0.5) is 0 Å². The van der Waals surface area contributed by atoms with Crippen molar-refractivity contribution in [1.29, 1.82) is 0 Å². The van der Waals surface area contributed by atoms with Crippen molar-refractivity contribution in [2.24, 2.45) is 0 Å². The van der Waals surface area contributed by atoms with E-state index in [-0.39, 0.29) is 5.56 Å². The largest absolute Gasteiger partial charge is 0.305 e. The fourth-order valence-corrected chi connectivity index (χ4v) is 18.8. The Hall–Kier alpha value is -3.86. The first-order valence-corrected chi connectivity index (χ1v) is 21.6. The van der Waals surface area contributed by atoms with Gasteiger partial charge in [-0.05, 0) is 39.3 Å². The highest BCUT2D eigenvalue weighted by Crippen LogP contribution is 2.43. The average Bonchev–Trinajstić information content (AvgIpc) is 2.99. The standard InChI is InChI=1S/C39H49N5OSi2/c1-23(2)46(24(3)4,25(5)6)21-19-31-29-15-13-14-16-30(29)32(20-22-47(26(7)8,27(9)10)28(11)12)36-35(31)42-38-39(43-36)44-37-33(40-38)17-18-34(45)41-37/h13-18,23-28H,1-12H3,(H,41,43,44,45). The van der Waals surface area contributed by atoms with Gasteiger partial charge in [-0.2, -0.15) is 0 Å². The van der Waals surface area contributed by atoms with E-state index >= 15 is 0 Å². The van der Waals surface area contributed by atoms with Crippen molar-refractivity contribution < 1.29 is 0 Å². The predicted octanol–water partition coefficient (Wildman–Crippen LogP) is 9.71. The smallest absolute Gasteiger partial charge is 0.249 e. The van der Waals surface area contributed by atoms with E-state index in [0.29, 0.717) is 66.7 Å². The van der Waals surface area contributed by atoms with Gasteiger partial charge in [0.2, 0.25) is 11.2 Å². The number of benzene rings is 2. The third kappa shape index (κ3) is 5.81. The van der Waals surface area contributed by atoms with Crippen LogP contribution in [0, 0.1) is 22.9 Å². The summed E-state index contributed by atoms with van der Waals surface area (Å²) >= 11 is 0. The van der Waals surface area contributed by atoms with Gasteiger partial charge in [0, 0.05) is 16.8 Å². The quantitative estimate of drug-likeness (QED) is 0.111. The van der Waals surface area contributed by atoms with E-state index in [1.807, 2.05) is 0 Å². The molecule has 8 heteroatoms. The molecule has 0 radical (unpaired) electrons. The summed E-state index contributed by atoms with van der Waals surface area (Å²) in [5, 5.41) is 2.06. The Kier molecular flexibility index (Phi) is 9.52. The summed E-state index contributed by atoms with van der Waals surface area (Å²) in [6.45, 7) is 28.0. The second-order valence-corrected chi connectivity index (χ2v) is 26.1. The monoisotopic (exact) mass is 659 g/mol. The topological polar surface area (TPSA) is 84.4 Å². The Bertz CT molecular complexity index is 2130. The summed E-state index contributed by atoms with van der Waals surface area (Å²) in [7, 11) is -4.14. The van der Waals surface area contributed by atoms with Crippen molar-refractivity contribution in [2.75, 3.05) is 0 Å². The van der Waals surface area contributed by atoms with Gasteiger partial charge in [-0.1, -0.05) is 119 Å². The molecule has 0 saturated carbocycles. The van der Waals surface area contributed by atoms with E-state index in [0.717, 1.165) is 21.9 Å². The van der Waals surface area contributed by atoms with Gasteiger partial charge in [0.25, 0.3) is 0 Å². The lowest BCUT2D eigenvalue weighted by Crippen LogP contribution is -2.43. The van der Waals surface area contributed by atoms with Crippen LogP contribution in [-0.2, 0) is 0 Å². The molecule has 0 bridgehead atoms. The van der Waals surface area contributed by atoms with Crippen LogP contribution in [0.5, 0.6) is 0 Å². The van der Waals surface area contributed by atoms with E-state index < -0.39 is 16.1 Å². The molecular weight excluding hydrogens is 611 g/mol. The normalized spacial score (nSPS) is 12.7. The summed E-state index contributed by atoms with van der Waals surface area (Å²) in [4.78, 5) is 34.8. The molecule has 0 saturated heterocycles. The minimum Gasteiger partial charge on any atom is -0.305 e. The predicted molar refractivity (Wildman–Crippen MR) is 204 cm³/mol. The minimum absolute atomic E-state index is 0.236. The van der Waals surface area contributed by atoms with E-state index in [1.54, 1.807) is 6.07 Å². The van der Waals surface area contributed by atoms with Crippen molar-refractivity contribution in [3.8, 4) is 22.9 Å². The van der Waals surface area contributed by atoms with Crippen LogP contribution in [0.25, 0.3) is 44.3 Å². The molecule has 2 aromatic carbocycles. The Balaban J connectivity index is 1.99. The number of rotatable bonds is 6. The van der Waals surface area contributed by atoms with Crippen LogP contribution in [0.15, 0.2) is 41.2 Å². The second-order valence-electron chi connectivity index (χ2n) is 14.9. The van der Waals surface area contributed by atoms with Crippen LogP contribution >= 0.6 is 0 Å². The van der Waals surface area contributed by atoms with Crippen LogP contribution < -0.4 is 5.56 Å². The molecule has 6 nitrogen and oxygen atoms in total. The molecule has 0 atom stereocenters. The molecule has 0 fully saturated rings. The van der Waals surface area contributed by atoms with Crippen molar-refractivity contribution in [2.45, 2.75) is 116 Å². The number of aromatic amines is 1. The lowest BCUT2D eigenvalue weighted by molar-refractivity contribution is 0.838. The molecule has 0 aliphatic rings. The number of hydrogen-bond acceptors (Lipinski definition) is 5. The van der Waals surface area contributed by atoms with Gasteiger partial charge < -0.3 is 4.98 Å². The van der Waals surface area contributed by atoms with Gasteiger partial charge >= 0.3 is 0 Å². The summed E-state index contributed by atoms with van der Waals surface area (Å²) in [5.41, 5.74) is 15.5. The third-order valence-electron chi connectivity index (χ3n) is 10.7. The molecule has 5 rings (SSSR count). The van der Waals surface area contributed by atoms with Gasteiger partial charge in [-0.3, -0.25) is 4.79 Å². The first-order chi connectivity index (χ1) is 22.1. The highest BCUT2D eigenvalue weighted by Gasteiger charge is 2.43. The molecule has 0 aliphatic carbocycles. The number of aromatic nitrogens is 5. The number of hydrogen-bond donors (Lipinski definition) is 1. The van der Waals surface area contributed by atoms with E-state index in [9.17, 15) is 4.79 Å². The summed E-state index contributed by atoms with van der Waals surface area (Å²) < 4.78 is 0. The highest BCUT2D eigenvalue weighted by molar-refractivity contribution is 6.91. The van der Waals surface area contributed by atoms with Gasteiger partial charge in [0.1, 0.15) is 32.7 Å². The molecule has 5 aromatic rings. The van der Waals surface area contributed by atoms with Crippen molar-refractivity contribution in [3.63, 3.8) is 0 Å². The molecule has 0 spiro atoms. The fourth-order valence-electron chi connectivity index (χ4n) is 8.40. The Morgan fingerprint density at radius 3 is 1.36 bits per heavy atom. The zero-order valence-corrected chi connectivity index (χ0v) is 32.1. The lowest BCUT2D eigenvalue weighted by atomic mass is 9.97. The van der Waals surface area contributed by atoms with Gasteiger partial charge in [0.05, 0.1) is 11.1 Å². The SMILES string of the molecule is CC(C)[Si](C#Cc1c2ccccc2c(C#C[Si](C(C)C)(C(C)C)C(C)C)c2nc3nc4[nH]c(=O)ccc4nc3nc12)(C(C)C)C(C)C. The zero-order chi connectivity index (χ0) is 34.4. The van der Waals surface area contributed by atoms with E-state index in [2.05, 4.69) is 135 Å². The average molecular weight is 660 g/mol. The Labute approximate surface area is 281 Å². The van der Waals surface area contributed by atoms with E-state index in [1.165, 1.54) is 6.07 Å². The number of H-pyrrole nitrogens is 1. The molecule has 244 valence electrons. The van der Waals surface area contributed by atoms with Crippen LogP contribution in [0.2, 0.25) is 33.2 Å². The third-order valence-corrected chi connectivity index (χ3v) is 23.2. The number of fused-ring (bicyclic) bond motifs is 4. The van der Waals surface area contributed by atoms with Crippen molar-refractivity contribution in [3.05, 3.63) is 57.9 Å². The van der Waals surface area contributed by atoms with Crippen LogP contribution in [0.1, 0.15) is 94.2 Å². The Morgan fingerprint density at radius 2 is 0.957 bits per heavy atom. The number of pyridine rings is 1. The molecule has 3 aromatic heterocycles. The van der Waals surface area contributed by atoms with Gasteiger partial charge in [-0.25, -0.2) is 19.9 Å². The highest BCUT2D eigenvalue weighted by atomic mass is 28.3. The summed E-state index contributed by atoms with van der Waals surface area (Å²) in [6.07, 6.45) is 0. The van der Waals surface area contributed by atoms with Crippen LogP contribution in [-0.4, -0.2) is 41.1 Å². The lowest BCUT2D eigenvalue weighted by Gasteiger charge is -2.38. The zero-order valence-electron chi connectivity index (χ0n) is 30.1. The minimum atomic E-state index is -2.07. The number of nitrogens with zero attached hydrogens (tertiary/aromatic N) is 4. The maximum atomic E-state index is 12.1. The maximum absolute atomic E-state index is 12.1. The first kappa shape index (κ1) is 34.5. The molecule has 0 aliphatic heterocycles. The number of nitrogens with one attached hydrogen (secondary N) is 1. The maximum Gasteiger partial charge on any atom is 0.249 e. The van der Waals surface area contributed by atoms with Gasteiger partial charge in [0.15, 0.2) is 11.3 Å². The van der Waals surface area contributed by atoms with Gasteiger partial charge in [-0.15, -0.1) is 11.1 Å². The fraction of sp³-hybridized carbons (Fsp3) is 0.462. The molecule has 47 heavy (non-hydrogen) atoms. The summed E-state index contributed by atoms with van der Waals surface area (Å²) in [5.74, 6) is 7.50. The van der Waals surface area contributed by atoms with Crippen molar-refractivity contribution in [1.82, 2.24) is 24.9 Å². The molecule has 3 heterocycles. The Morgan fingerprint density at radius 1 is 0.553 bits per heavy atom. The van der Waals surface area contributed by atoms with Crippen molar-refractivity contribution >= 4 is 60.4 Å². The van der Waals surface area contributed by atoms with Crippen LogP contribution in [0.3, 0.4) is 0 Å². The molecule has 0 unspecified atom stereocenters. The summed E-state index contributed by atoms with van der Waals surface area (Å²) in [6, 6.07) is 11.6.